The van der Waals surface area contributed by atoms with E-state index >= 15 is 0 Å². The quantitative estimate of drug-likeness (QED) is 0.523. The van der Waals surface area contributed by atoms with Crippen LogP contribution in [0.1, 0.15) is 20.3 Å². The van der Waals surface area contributed by atoms with Crippen LogP contribution in [-0.4, -0.2) is 21.1 Å². The third-order valence-corrected chi connectivity index (χ3v) is 4.46. The Labute approximate surface area is 152 Å². The number of aromatic amines is 1. The summed E-state index contributed by atoms with van der Waals surface area (Å²) >= 11 is 0. The Morgan fingerprint density at radius 2 is 1.77 bits per heavy atom. The van der Waals surface area contributed by atoms with Gasteiger partial charge in [-0.25, -0.2) is 9.97 Å². The van der Waals surface area contributed by atoms with E-state index in [1.54, 1.807) is 0 Å². The molecule has 0 fully saturated rings. The molecule has 2 aromatic carbocycles. The minimum atomic E-state index is 0.191. The van der Waals surface area contributed by atoms with Crippen molar-refractivity contribution in [3.8, 4) is 28.3 Å². The van der Waals surface area contributed by atoms with Gasteiger partial charge in [0.1, 0.15) is 11.6 Å². The first kappa shape index (κ1) is 16.3. The van der Waals surface area contributed by atoms with Gasteiger partial charge in [0.2, 0.25) is 0 Å². The van der Waals surface area contributed by atoms with Gasteiger partial charge in [-0.15, -0.1) is 0 Å². The normalized spacial score (nSPS) is 12.2. The van der Waals surface area contributed by atoms with Gasteiger partial charge in [-0.05, 0) is 37.1 Å². The molecular weight excluding hydrogens is 322 g/mol. The van der Waals surface area contributed by atoms with Crippen LogP contribution in [0.2, 0.25) is 0 Å². The van der Waals surface area contributed by atoms with Crippen LogP contribution in [0, 0.1) is 0 Å². The van der Waals surface area contributed by atoms with Crippen LogP contribution in [0.25, 0.3) is 33.7 Å². The summed E-state index contributed by atoms with van der Waals surface area (Å²) in [5.74, 6) is 1.66. The van der Waals surface area contributed by atoms with Gasteiger partial charge >= 0.3 is 0 Å². The third kappa shape index (κ3) is 3.31. The lowest BCUT2D eigenvalue weighted by molar-refractivity contribution is 0.217. The number of hydrogen-bond donors (Lipinski definition) is 1. The van der Waals surface area contributed by atoms with Crippen molar-refractivity contribution < 1.29 is 4.74 Å². The zero-order valence-corrected chi connectivity index (χ0v) is 14.9. The van der Waals surface area contributed by atoms with Crippen molar-refractivity contribution in [2.24, 2.45) is 0 Å². The minimum absolute atomic E-state index is 0.191. The fourth-order valence-electron chi connectivity index (χ4n) is 2.86. The maximum absolute atomic E-state index is 5.92. The molecule has 2 aromatic heterocycles. The Hall–Kier alpha value is -3.14. The maximum atomic E-state index is 5.92. The van der Waals surface area contributed by atoms with Crippen molar-refractivity contribution in [2.75, 3.05) is 0 Å². The molecule has 1 N–H and O–H groups in total. The molecule has 0 saturated heterocycles. The van der Waals surface area contributed by atoms with E-state index in [4.69, 9.17) is 4.74 Å². The van der Waals surface area contributed by atoms with Crippen LogP contribution < -0.4 is 4.74 Å². The first-order valence-corrected chi connectivity index (χ1v) is 8.91. The van der Waals surface area contributed by atoms with Gasteiger partial charge < -0.3 is 9.72 Å². The van der Waals surface area contributed by atoms with Crippen molar-refractivity contribution in [2.45, 2.75) is 26.4 Å². The van der Waals surface area contributed by atoms with Gasteiger partial charge in [0, 0.05) is 17.3 Å². The molecule has 130 valence electrons. The zero-order chi connectivity index (χ0) is 17.9. The smallest absolute Gasteiger partial charge is 0.178 e. The summed E-state index contributed by atoms with van der Waals surface area (Å²) in [6.07, 6.45) is 3.03. The highest BCUT2D eigenvalue weighted by molar-refractivity contribution is 5.81. The lowest BCUT2D eigenvalue weighted by Crippen LogP contribution is -2.09. The fourth-order valence-corrected chi connectivity index (χ4v) is 2.86. The molecule has 4 heteroatoms. The first-order chi connectivity index (χ1) is 12.7. The Balaban J connectivity index is 1.68. The highest BCUT2D eigenvalue weighted by atomic mass is 16.5. The Morgan fingerprint density at radius 1 is 0.962 bits per heavy atom. The number of hydrogen-bond acceptors (Lipinski definition) is 3. The standard InChI is InChI=1S/C22H21N3O/c1-3-15(2)26-19-11-7-10-17(12-19)21-24-20-13-18(14-23-22(20)25-21)16-8-5-4-6-9-16/h4-15H,3H2,1-2H3,(H,23,24,25). The molecule has 2 heterocycles. The summed E-state index contributed by atoms with van der Waals surface area (Å²) in [6, 6.07) is 20.3. The first-order valence-electron chi connectivity index (χ1n) is 8.91. The Kier molecular flexibility index (Phi) is 4.40. The molecule has 0 bridgehead atoms. The van der Waals surface area contributed by atoms with Gasteiger partial charge in [-0.3, -0.25) is 0 Å². The van der Waals surface area contributed by atoms with Gasteiger partial charge in [0.05, 0.1) is 11.6 Å². The molecule has 0 spiro atoms. The summed E-state index contributed by atoms with van der Waals surface area (Å²) in [4.78, 5) is 12.5. The van der Waals surface area contributed by atoms with Crippen LogP contribution in [0.5, 0.6) is 5.75 Å². The third-order valence-electron chi connectivity index (χ3n) is 4.46. The summed E-state index contributed by atoms with van der Waals surface area (Å²) in [6.45, 7) is 4.19. The van der Waals surface area contributed by atoms with E-state index in [1.807, 2.05) is 48.7 Å². The molecule has 0 aliphatic rings. The Morgan fingerprint density at radius 3 is 2.58 bits per heavy atom. The number of nitrogens with one attached hydrogen (secondary N) is 1. The largest absolute Gasteiger partial charge is 0.491 e. The topological polar surface area (TPSA) is 50.8 Å². The molecule has 0 amide bonds. The lowest BCUT2D eigenvalue weighted by atomic mass is 10.1. The van der Waals surface area contributed by atoms with Crippen molar-refractivity contribution in [3.63, 3.8) is 0 Å². The molecule has 0 radical (unpaired) electrons. The second-order valence-corrected chi connectivity index (χ2v) is 6.41. The summed E-state index contributed by atoms with van der Waals surface area (Å²) < 4.78 is 5.92. The van der Waals surface area contributed by atoms with E-state index in [0.29, 0.717) is 5.65 Å². The average Bonchev–Trinajstić information content (AvgIpc) is 3.12. The maximum Gasteiger partial charge on any atom is 0.178 e. The van der Waals surface area contributed by atoms with Gasteiger partial charge in [0.25, 0.3) is 0 Å². The van der Waals surface area contributed by atoms with E-state index in [-0.39, 0.29) is 6.10 Å². The second kappa shape index (κ2) is 7.00. The number of aromatic nitrogens is 3. The van der Waals surface area contributed by atoms with Crippen molar-refractivity contribution in [1.82, 2.24) is 15.0 Å². The molecule has 4 aromatic rings. The lowest BCUT2D eigenvalue weighted by Gasteiger charge is -2.12. The number of nitrogens with zero attached hydrogens (tertiary/aromatic N) is 2. The number of ether oxygens (including phenoxy) is 1. The van der Waals surface area contributed by atoms with Gasteiger partial charge in [-0.2, -0.15) is 0 Å². The van der Waals surface area contributed by atoms with Crippen LogP contribution in [-0.2, 0) is 0 Å². The van der Waals surface area contributed by atoms with Gasteiger partial charge in [0.15, 0.2) is 5.65 Å². The van der Waals surface area contributed by atoms with Crippen LogP contribution in [0.15, 0.2) is 66.9 Å². The molecule has 4 rings (SSSR count). The molecule has 0 saturated carbocycles. The molecule has 0 aliphatic heterocycles. The predicted molar refractivity (Wildman–Crippen MR) is 105 cm³/mol. The number of rotatable bonds is 5. The fraction of sp³-hybridized carbons (Fsp3) is 0.182. The second-order valence-electron chi connectivity index (χ2n) is 6.41. The molecule has 1 unspecified atom stereocenters. The molecule has 0 aliphatic carbocycles. The summed E-state index contributed by atoms with van der Waals surface area (Å²) in [5, 5.41) is 0. The van der Waals surface area contributed by atoms with E-state index in [9.17, 15) is 0 Å². The molecule has 26 heavy (non-hydrogen) atoms. The molecular formula is C22H21N3O. The van der Waals surface area contributed by atoms with Crippen molar-refractivity contribution in [1.29, 1.82) is 0 Å². The van der Waals surface area contributed by atoms with E-state index in [0.717, 1.165) is 40.2 Å². The SMILES string of the molecule is CCC(C)Oc1cccc(-c2nc3ncc(-c4ccccc4)cc3[nH]2)c1. The van der Waals surface area contributed by atoms with Crippen LogP contribution >= 0.6 is 0 Å². The van der Waals surface area contributed by atoms with Crippen LogP contribution in [0.3, 0.4) is 0 Å². The number of H-pyrrole nitrogens is 1. The zero-order valence-electron chi connectivity index (χ0n) is 14.9. The molecule has 1 atom stereocenters. The highest BCUT2D eigenvalue weighted by Crippen LogP contribution is 2.26. The number of benzene rings is 2. The average molecular weight is 343 g/mol. The van der Waals surface area contributed by atoms with E-state index in [1.165, 1.54) is 0 Å². The van der Waals surface area contributed by atoms with Crippen molar-refractivity contribution >= 4 is 11.2 Å². The summed E-state index contributed by atoms with van der Waals surface area (Å²) in [7, 11) is 0. The van der Waals surface area contributed by atoms with E-state index in [2.05, 4.69) is 47.0 Å². The number of fused-ring (bicyclic) bond motifs is 1. The van der Waals surface area contributed by atoms with Crippen LogP contribution in [0.4, 0.5) is 0 Å². The highest BCUT2D eigenvalue weighted by Gasteiger charge is 2.09. The van der Waals surface area contributed by atoms with Gasteiger partial charge in [-0.1, -0.05) is 49.4 Å². The number of imidazole rings is 1. The monoisotopic (exact) mass is 343 g/mol. The van der Waals surface area contributed by atoms with E-state index < -0.39 is 0 Å². The Bertz CT molecular complexity index is 1020. The predicted octanol–water partition coefficient (Wildman–Crippen LogP) is 5.47. The number of pyridine rings is 1. The minimum Gasteiger partial charge on any atom is -0.491 e. The summed E-state index contributed by atoms with van der Waals surface area (Å²) in [5.41, 5.74) is 4.84. The van der Waals surface area contributed by atoms with Crippen molar-refractivity contribution in [3.05, 3.63) is 66.9 Å². The molecule has 4 nitrogen and oxygen atoms in total.